The van der Waals surface area contributed by atoms with Crippen LogP contribution in [0.5, 0.6) is 0 Å². The molecule has 0 aromatic heterocycles. The first kappa shape index (κ1) is 9.32. The van der Waals surface area contributed by atoms with Crippen molar-refractivity contribution < 1.29 is 4.79 Å². The van der Waals surface area contributed by atoms with Gasteiger partial charge in [-0.1, -0.05) is 0 Å². The molecule has 0 spiro atoms. The Morgan fingerprint density at radius 2 is 2.25 bits per heavy atom. The van der Waals surface area contributed by atoms with Crippen LogP contribution in [0, 0.1) is 5.41 Å². The summed E-state index contributed by atoms with van der Waals surface area (Å²) in [4.78, 5) is 10.8. The van der Waals surface area contributed by atoms with E-state index in [9.17, 15) is 4.79 Å². The van der Waals surface area contributed by atoms with Gasteiger partial charge in [0.15, 0.2) is 0 Å². The van der Waals surface area contributed by atoms with Crippen LogP contribution in [0.3, 0.4) is 0 Å². The van der Waals surface area contributed by atoms with Gasteiger partial charge in [0.05, 0.1) is 0 Å². The molecule has 0 bridgehead atoms. The largest absolute Gasteiger partial charge is 0.341 e. The number of carbonyl (C=O) groups is 1. The summed E-state index contributed by atoms with van der Waals surface area (Å²) in [6.07, 6.45) is 3.43. The van der Waals surface area contributed by atoms with E-state index in [1.807, 2.05) is 0 Å². The molecule has 0 heterocycles. The Morgan fingerprint density at radius 1 is 1.58 bits per heavy atom. The van der Waals surface area contributed by atoms with Crippen LogP contribution in [-0.4, -0.2) is 26.2 Å². The molecule has 0 aromatic carbocycles. The molecule has 12 heavy (non-hydrogen) atoms. The SMILES string of the molecule is CNC(=O)NCC1(CCN)CC1. The lowest BCUT2D eigenvalue weighted by atomic mass is 10.0. The van der Waals surface area contributed by atoms with Crippen molar-refractivity contribution in [2.75, 3.05) is 20.1 Å². The fourth-order valence-corrected chi connectivity index (χ4v) is 1.35. The zero-order valence-corrected chi connectivity index (χ0v) is 7.52. The van der Waals surface area contributed by atoms with Gasteiger partial charge in [0.25, 0.3) is 0 Å². The average Bonchev–Trinajstić information content (AvgIpc) is 2.82. The molecule has 1 aliphatic carbocycles. The van der Waals surface area contributed by atoms with Gasteiger partial charge in [-0.25, -0.2) is 4.79 Å². The molecular weight excluding hydrogens is 154 g/mol. The highest BCUT2D eigenvalue weighted by atomic mass is 16.2. The number of carbonyl (C=O) groups excluding carboxylic acids is 1. The summed E-state index contributed by atoms with van der Waals surface area (Å²) < 4.78 is 0. The second-order valence-electron chi connectivity index (χ2n) is 3.47. The third-order valence-corrected chi connectivity index (χ3v) is 2.48. The maximum atomic E-state index is 10.8. The summed E-state index contributed by atoms with van der Waals surface area (Å²) in [5.41, 5.74) is 5.80. The summed E-state index contributed by atoms with van der Waals surface area (Å²) in [5.74, 6) is 0. The van der Waals surface area contributed by atoms with Gasteiger partial charge in [-0.2, -0.15) is 0 Å². The summed E-state index contributed by atoms with van der Waals surface area (Å²) in [6, 6.07) is -0.0988. The van der Waals surface area contributed by atoms with E-state index in [4.69, 9.17) is 5.73 Å². The van der Waals surface area contributed by atoms with E-state index in [1.54, 1.807) is 7.05 Å². The maximum absolute atomic E-state index is 10.8. The molecule has 4 nitrogen and oxygen atoms in total. The van der Waals surface area contributed by atoms with Crippen LogP contribution in [-0.2, 0) is 0 Å². The van der Waals surface area contributed by atoms with Crippen molar-refractivity contribution in [3.8, 4) is 0 Å². The van der Waals surface area contributed by atoms with Crippen LogP contribution in [0.15, 0.2) is 0 Å². The number of urea groups is 1. The molecule has 0 saturated heterocycles. The van der Waals surface area contributed by atoms with Gasteiger partial charge in [0.2, 0.25) is 0 Å². The van der Waals surface area contributed by atoms with Crippen LogP contribution >= 0.6 is 0 Å². The lowest BCUT2D eigenvalue weighted by Crippen LogP contribution is -2.37. The number of hydrogen-bond acceptors (Lipinski definition) is 2. The summed E-state index contributed by atoms with van der Waals surface area (Å²) in [7, 11) is 1.62. The highest BCUT2D eigenvalue weighted by Crippen LogP contribution is 2.47. The fourth-order valence-electron chi connectivity index (χ4n) is 1.35. The van der Waals surface area contributed by atoms with Gasteiger partial charge in [0, 0.05) is 13.6 Å². The van der Waals surface area contributed by atoms with Crippen LogP contribution in [0.1, 0.15) is 19.3 Å². The summed E-state index contributed by atoms with van der Waals surface area (Å²) in [6.45, 7) is 1.49. The minimum absolute atomic E-state index is 0.0988. The van der Waals surface area contributed by atoms with Crippen LogP contribution < -0.4 is 16.4 Å². The predicted octanol–water partition coefficient (Wildman–Crippen LogP) is 0.0444. The number of nitrogens with two attached hydrogens (primary N) is 1. The van der Waals surface area contributed by atoms with E-state index in [-0.39, 0.29) is 6.03 Å². The molecule has 1 rings (SSSR count). The molecule has 4 heteroatoms. The summed E-state index contributed by atoms with van der Waals surface area (Å²) in [5, 5.41) is 5.34. The lowest BCUT2D eigenvalue weighted by Gasteiger charge is -2.14. The minimum Gasteiger partial charge on any atom is -0.341 e. The zero-order valence-electron chi connectivity index (χ0n) is 7.52. The molecule has 0 aromatic rings. The Hall–Kier alpha value is -0.770. The highest BCUT2D eigenvalue weighted by molar-refractivity contribution is 5.73. The molecule has 0 atom stereocenters. The van der Waals surface area contributed by atoms with E-state index < -0.39 is 0 Å². The number of amides is 2. The Labute approximate surface area is 72.9 Å². The molecule has 70 valence electrons. The van der Waals surface area contributed by atoms with Crippen molar-refractivity contribution in [2.24, 2.45) is 11.1 Å². The normalized spacial score (nSPS) is 18.5. The van der Waals surface area contributed by atoms with Gasteiger partial charge in [0.1, 0.15) is 0 Å². The monoisotopic (exact) mass is 171 g/mol. The molecule has 0 aliphatic heterocycles. The summed E-state index contributed by atoms with van der Waals surface area (Å²) >= 11 is 0. The van der Waals surface area contributed by atoms with Crippen molar-refractivity contribution in [3.63, 3.8) is 0 Å². The molecular formula is C8H17N3O. The fraction of sp³-hybridized carbons (Fsp3) is 0.875. The first-order valence-electron chi connectivity index (χ1n) is 4.38. The van der Waals surface area contributed by atoms with Crippen molar-refractivity contribution in [3.05, 3.63) is 0 Å². The first-order valence-corrected chi connectivity index (χ1v) is 4.38. The molecule has 1 aliphatic rings. The average molecular weight is 171 g/mol. The van der Waals surface area contributed by atoms with Gasteiger partial charge < -0.3 is 16.4 Å². The second kappa shape index (κ2) is 3.76. The van der Waals surface area contributed by atoms with Gasteiger partial charge in [-0.3, -0.25) is 0 Å². The standard InChI is InChI=1S/C8H17N3O/c1-10-7(12)11-6-8(2-3-8)4-5-9/h2-6,9H2,1H3,(H2,10,11,12). The number of hydrogen-bond donors (Lipinski definition) is 3. The van der Waals surface area contributed by atoms with Crippen molar-refractivity contribution >= 4 is 6.03 Å². The smallest absolute Gasteiger partial charge is 0.314 e. The first-order chi connectivity index (χ1) is 5.72. The Morgan fingerprint density at radius 3 is 2.67 bits per heavy atom. The Kier molecular flexibility index (Phi) is 2.92. The van der Waals surface area contributed by atoms with Crippen LogP contribution in [0.25, 0.3) is 0 Å². The Bertz CT molecular complexity index is 166. The molecule has 4 N–H and O–H groups in total. The number of nitrogens with one attached hydrogen (secondary N) is 2. The molecule has 1 saturated carbocycles. The predicted molar refractivity (Wildman–Crippen MR) is 47.8 cm³/mol. The van der Waals surface area contributed by atoms with Crippen LogP contribution in [0.4, 0.5) is 4.79 Å². The highest BCUT2D eigenvalue weighted by Gasteiger charge is 2.41. The third kappa shape index (κ3) is 2.37. The Balaban J connectivity index is 2.17. The molecule has 0 radical (unpaired) electrons. The quantitative estimate of drug-likeness (QED) is 0.559. The van der Waals surface area contributed by atoms with Crippen molar-refractivity contribution in [1.82, 2.24) is 10.6 Å². The molecule has 0 unspecified atom stereocenters. The van der Waals surface area contributed by atoms with E-state index in [0.29, 0.717) is 5.41 Å². The van der Waals surface area contributed by atoms with Crippen molar-refractivity contribution in [1.29, 1.82) is 0 Å². The third-order valence-electron chi connectivity index (χ3n) is 2.48. The van der Waals surface area contributed by atoms with Gasteiger partial charge in [-0.15, -0.1) is 0 Å². The van der Waals surface area contributed by atoms with E-state index in [1.165, 1.54) is 12.8 Å². The van der Waals surface area contributed by atoms with Gasteiger partial charge in [-0.05, 0) is 31.2 Å². The maximum Gasteiger partial charge on any atom is 0.314 e. The van der Waals surface area contributed by atoms with Crippen LogP contribution in [0.2, 0.25) is 0 Å². The number of rotatable bonds is 4. The van der Waals surface area contributed by atoms with E-state index in [0.717, 1.165) is 19.5 Å². The van der Waals surface area contributed by atoms with E-state index >= 15 is 0 Å². The van der Waals surface area contributed by atoms with Crippen molar-refractivity contribution in [2.45, 2.75) is 19.3 Å². The lowest BCUT2D eigenvalue weighted by molar-refractivity contribution is 0.239. The topological polar surface area (TPSA) is 67.2 Å². The zero-order chi connectivity index (χ0) is 9.03. The minimum atomic E-state index is -0.0988. The molecule has 1 fully saturated rings. The van der Waals surface area contributed by atoms with Gasteiger partial charge >= 0.3 is 6.03 Å². The second-order valence-corrected chi connectivity index (χ2v) is 3.47. The molecule has 2 amide bonds. The van der Waals surface area contributed by atoms with E-state index in [2.05, 4.69) is 10.6 Å².